The maximum atomic E-state index is 12.4. The number of hydrogen-bond acceptors (Lipinski definition) is 4. The molecule has 22 heavy (non-hydrogen) atoms. The van der Waals surface area contributed by atoms with Crippen LogP contribution >= 0.6 is 0 Å². The van der Waals surface area contributed by atoms with Crippen molar-refractivity contribution in [1.29, 1.82) is 0 Å². The molecule has 2 aliphatic rings. The second-order valence-corrected chi connectivity index (χ2v) is 6.05. The van der Waals surface area contributed by atoms with Gasteiger partial charge in [-0.2, -0.15) is 5.10 Å². The van der Waals surface area contributed by atoms with E-state index >= 15 is 0 Å². The number of nitrogens with one attached hydrogen (secondary N) is 3. The fraction of sp³-hybridized carbons (Fsp3) is 0.667. The molecule has 1 saturated heterocycles. The van der Waals surface area contributed by atoms with Gasteiger partial charge in [-0.05, 0) is 31.2 Å². The van der Waals surface area contributed by atoms with Crippen LogP contribution in [0.25, 0.3) is 0 Å². The van der Waals surface area contributed by atoms with Crippen LogP contribution in [-0.2, 0) is 16.0 Å². The first-order valence-corrected chi connectivity index (χ1v) is 8.02. The largest absolute Gasteiger partial charge is 0.352 e. The highest BCUT2D eigenvalue weighted by molar-refractivity contribution is 5.88. The number of aromatic nitrogens is 2. The van der Waals surface area contributed by atoms with E-state index < -0.39 is 0 Å². The van der Waals surface area contributed by atoms with Gasteiger partial charge in [0.15, 0.2) is 0 Å². The monoisotopic (exact) mass is 305 g/mol. The number of aryl methyl sites for hydroxylation is 1. The SMILES string of the molecule is O=C(NC1CC1)[C@H]1CNCCN1C(=O)CCCc1cn[nH]c1. The average Bonchev–Trinajstić information content (AvgIpc) is 3.19. The molecule has 1 aromatic heterocycles. The minimum atomic E-state index is -0.365. The fourth-order valence-corrected chi connectivity index (χ4v) is 2.76. The van der Waals surface area contributed by atoms with Gasteiger partial charge in [0, 0.05) is 38.3 Å². The van der Waals surface area contributed by atoms with Gasteiger partial charge in [-0.25, -0.2) is 0 Å². The van der Waals surface area contributed by atoms with Gasteiger partial charge in [-0.1, -0.05) is 0 Å². The highest BCUT2D eigenvalue weighted by Gasteiger charge is 2.34. The standard InChI is InChI=1S/C15H23N5O2/c21-14(3-1-2-11-8-17-18-9-11)20-7-6-16-10-13(20)15(22)19-12-4-5-12/h8-9,12-13,16H,1-7,10H2,(H,17,18)(H,19,22)/t13-/m1/s1. The molecule has 3 N–H and O–H groups in total. The summed E-state index contributed by atoms with van der Waals surface area (Å²) in [6.45, 7) is 1.90. The molecule has 120 valence electrons. The molecule has 0 bridgehead atoms. The molecule has 1 aliphatic heterocycles. The minimum absolute atomic E-state index is 0.0158. The average molecular weight is 305 g/mol. The van der Waals surface area contributed by atoms with E-state index in [1.165, 1.54) is 0 Å². The molecule has 2 fully saturated rings. The topological polar surface area (TPSA) is 90.1 Å². The van der Waals surface area contributed by atoms with Gasteiger partial charge in [0.25, 0.3) is 0 Å². The Morgan fingerprint density at radius 1 is 1.41 bits per heavy atom. The van der Waals surface area contributed by atoms with Crippen molar-refractivity contribution in [1.82, 2.24) is 25.7 Å². The molecule has 0 spiro atoms. The van der Waals surface area contributed by atoms with Crippen LogP contribution in [-0.4, -0.2) is 58.6 Å². The molecule has 0 unspecified atom stereocenters. The number of carbonyl (C=O) groups excluding carboxylic acids is 2. The van der Waals surface area contributed by atoms with Crippen LogP contribution in [0, 0.1) is 0 Å². The maximum Gasteiger partial charge on any atom is 0.244 e. The second kappa shape index (κ2) is 6.91. The number of piperazine rings is 1. The van der Waals surface area contributed by atoms with Crippen molar-refractivity contribution < 1.29 is 9.59 Å². The third kappa shape index (κ3) is 3.85. The first-order valence-electron chi connectivity index (χ1n) is 8.02. The Morgan fingerprint density at radius 2 is 2.27 bits per heavy atom. The second-order valence-electron chi connectivity index (χ2n) is 6.05. The third-order valence-corrected chi connectivity index (χ3v) is 4.20. The van der Waals surface area contributed by atoms with Crippen molar-refractivity contribution in [3.05, 3.63) is 18.0 Å². The molecule has 1 saturated carbocycles. The van der Waals surface area contributed by atoms with Crippen molar-refractivity contribution in [2.24, 2.45) is 0 Å². The quantitative estimate of drug-likeness (QED) is 0.679. The Morgan fingerprint density at radius 3 is 3.00 bits per heavy atom. The Balaban J connectivity index is 1.50. The molecule has 7 nitrogen and oxygen atoms in total. The van der Waals surface area contributed by atoms with Crippen molar-refractivity contribution >= 4 is 11.8 Å². The number of carbonyl (C=O) groups is 2. The predicted octanol–water partition coefficient (Wildman–Crippen LogP) is -0.189. The van der Waals surface area contributed by atoms with Gasteiger partial charge in [-0.3, -0.25) is 14.7 Å². The number of rotatable bonds is 6. The molecule has 0 radical (unpaired) electrons. The fourth-order valence-electron chi connectivity index (χ4n) is 2.76. The molecule has 2 heterocycles. The van der Waals surface area contributed by atoms with E-state index in [2.05, 4.69) is 20.8 Å². The summed E-state index contributed by atoms with van der Waals surface area (Å²) >= 11 is 0. The Kier molecular flexibility index (Phi) is 4.72. The van der Waals surface area contributed by atoms with Crippen LogP contribution in [0.15, 0.2) is 12.4 Å². The summed E-state index contributed by atoms with van der Waals surface area (Å²) in [6.07, 6.45) is 7.82. The summed E-state index contributed by atoms with van der Waals surface area (Å²) in [5.74, 6) is 0.0545. The zero-order valence-corrected chi connectivity index (χ0v) is 12.7. The molecule has 2 amide bonds. The molecule has 1 aliphatic carbocycles. The van der Waals surface area contributed by atoms with E-state index in [1.807, 2.05) is 6.20 Å². The molecule has 7 heteroatoms. The maximum absolute atomic E-state index is 12.4. The molecule has 1 aromatic rings. The summed E-state index contributed by atoms with van der Waals surface area (Å²) in [7, 11) is 0. The van der Waals surface area contributed by atoms with Gasteiger partial charge >= 0.3 is 0 Å². The van der Waals surface area contributed by atoms with Crippen LogP contribution < -0.4 is 10.6 Å². The van der Waals surface area contributed by atoms with Gasteiger partial charge in [0.1, 0.15) is 6.04 Å². The predicted molar refractivity (Wildman–Crippen MR) is 81.1 cm³/mol. The van der Waals surface area contributed by atoms with E-state index in [0.29, 0.717) is 25.6 Å². The van der Waals surface area contributed by atoms with Gasteiger partial charge < -0.3 is 15.5 Å². The first-order chi connectivity index (χ1) is 10.7. The van der Waals surface area contributed by atoms with E-state index in [-0.39, 0.29) is 17.9 Å². The van der Waals surface area contributed by atoms with Crippen LogP contribution in [0.5, 0.6) is 0 Å². The minimum Gasteiger partial charge on any atom is -0.352 e. The van der Waals surface area contributed by atoms with Crippen molar-refractivity contribution in [2.75, 3.05) is 19.6 Å². The molecule has 3 rings (SSSR count). The summed E-state index contributed by atoms with van der Waals surface area (Å²) < 4.78 is 0. The third-order valence-electron chi connectivity index (χ3n) is 4.20. The number of H-pyrrole nitrogens is 1. The van der Waals surface area contributed by atoms with Crippen LogP contribution in [0.1, 0.15) is 31.2 Å². The summed E-state index contributed by atoms with van der Waals surface area (Å²) in [5.41, 5.74) is 1.11. The lowest BCUT2D eigenvalue weighted by Gasteiger charge is -2.35. The number of aromatic amines is 1. The zero-order chi connectivity index (χ0) is 15.4. The van der Waals surface area contributed by atoms with E-state index in [9.17, 15) is 9.59 Å². The van der Waals surface area contributed by atoms with E-state index in [1.54, 1.807) is 11.1 Å². The lowest BCUT2D eigenvalue weighted by Crippen LogP contribution is -2.59. The summed E-state index contributed by atoms with van der Waals surface area (Å²) in [6, 6.07) is -0.0387. The lowest BCUT2D eigenvalue weighted by molar-refractivity contribution is -0.141. The zero-order valence-electron chi connectivity index (χ0n) is 12.7. The van der Waals surface area contributed by atoms with Crippen LogP contribution in [0.3, 0.4) is 0 Å². The highest BCUT2D eigenvalue weighted by Crippen LogP contribution is 2.19. The smallest absolute Gasteiger partial charge is 0.244 e. The van der Waals surface area contributed by atoms with Gasteiger partial charge in [0.2, 0.25) is 11.8 Å². The lowest BCUT2D eigenvalue weighted by atomic mass is 10.1. The number of amides is 2. The highest BCUT2D eigenvalue weighted by atomic mass is 16.2. The Hall–Kier alpha value is -1.89. The van der Waals surface area contributed by atoms with E-state index in [0.717, 1.165) is 37.8 Å². The Labute approximate surface area is 129 Å². The van der Waals surface area contributed by atoms with Gasteiger partial charge in [-0.15, -0.1) is 0 Å². The first kappa shape index (κ1) is 15.0. The Bertz CT molecular complexity index is 512. The number of nitrogens with zero attached hydrogens (tertiary/aromatic N) is 2. The molecule has 1 atom stereocenters. The molecular weight excluding hydrogens is 282 g/mol. The van der Waals surface area contributed by atoms with Crippen LogP contribution in [0.4, 0.5) is 0 Å². The summed E-state index contributed by atoms with van der Waals surface area (Å²) in [5, 5.41) is 12.9. The van der Waals surface area contributed by atoms with Crippen molar-refractivity contribution in [3.8, 4) is 0 Å². The normalized spacial score (nSPS) is 21.6. The summed E-state index contributed by atoms with van der Waals surface area (Å²) in [4.78, 5) is 26.4. The molecular formula is C15H23N5O2. The van der Waals surface area contributed by atoms with Crippen molar-refractivity contribution in [3.63, 3.8) is 0 Å². The van der Waals surface area contributed by atoms with Crippen molar-refractivity contribution in [2.45, 2.75) is 44.2 Å². The number of hydrogen-bond donors (Lipinski definition) is 3. The van der Waals surface area contributed by atoms with Crippen LogP contribution in [0.2, 0.25) is 0 Å². The molecule has 0 aromatic carbocycles. The van der Waals surface area contributed by atoms with E-state index in [4.69, 9.17) is 0 Å². The van der Waals surface area contributed by atoms with Gasteiger partial charge in [0.05, 0.1) is 6.20 Å².